The second-order valence-corrected chi connectivity index (χ2v) is 4.18. The minimum Gasteiger partial charge on any atom is -0.356 e. The van der Waals surface area contributed by atoms with Gasteiger partial charge in [-0.15, -0.1) is 12.4 Å². The zero-order valence-electron chi connectivity index (χ0n) is 11.1. The molecule has 0 aliphatic heterocycles. The van der Waals surface area contributed by atoms with Gasteiger partial charge in [-0.1, -0.05) is 12.1 Å². The molecule has 20 heavy (non-hydrogen) atoms. The molecular weight excluding hydrogens is 293 g/mol. The van der Waals surface area contributed by atoms with Crippen LogP contribution in [-0.2, 0) is 17.4 Å². The fourth-order valence-electron chi connectivity index (χ4n) is 1.55. The van der Waals surface area contributed by atoms with E-state index in [0.717, 1.165) is 25.1 Å². The largest absolute Gasteiger partial charge is 0.416 e. The Kier molecular flexibility index (Phi) is 8.25. The molecule has 1 aromatic rings. The Labute approximate surface area is 122 Å². The van der Waals surface area contributed by atoms with E-state index in [1.165, 1.54) is 12.1 Å². The van der Waals surface area contributed by atoms with E-state index in [-0.39, 0.29) is 24.7 Å². The van der Waals surface area contributed by atoms with Crippen LogP contribution in [0.3, 0.4) is 0 Å². The average Bonchev–Trinajstić information content (AvgIpc) is 2.34. The lowest BCUT2D eigenvalue weighted by molar-refractivity contribution is -0.137. The minimum absolute atomic E-state index is 0. The normalized spacial score (nSPS) is 10.8. The molecule has 0 atom stereocenters. The molecule has 0 spiro atoms. The summed E-state index contributed by atoms with van der Waals surface area (Å²) in [6.07, 6.45) is -3.43. The highest BCUT2D eigenvalue weighted by Gasteiger charge is 2.29. The van der Waals surface area contributed by atoms with E-state index < -0.39 is 11.7 Å². The maximum Gasteiger partial charge on any atom is 0.416 e. The first-order valence-corrected chi connectivity index (χ1v) is 6.01. The van der Waals surface area contributed by atoms with Gasteiger partial charge in [-0.3, -0.25) is 4.79 Å². The standard InChI is InChI=1S/C13H17F3N2O.ClH/c1-17-7-2-8-18-12(19)9-10-3-5-11(6-4-10)13(14,15)16;/h3-6,17H,2,7-9H2,1H3,(H,18,19);1H. The molecule has 0 saturated carbocycles. The van der Waals surface area contributed by atoms with Crippen LogP contribution in [0.5, 0.6) is 0 Å². The van der Waals surface area contributed by atoms with Gasteiger partial charge in [-0.05, 0) is 37.7 Å². The molecule has 7 heteroatoms. The smallest absolute Gasteiger partial charge is 0.356 e. The Morgan fingerprint density at radius 2 is 1.75 bits per heavy atom. The quantitative estimate of drug-likeness (QED) is 0.792. The van der Waals surface area contributed by atoms with Crippen molar-refractivity contribution in [1.82, 2.24) is 10.6 Å². The van der Waals surface area contributed by atoms with E-state index in [9.17, 15) is 18.0 Å². The number of amides is 1. The Balaban J connectivity index is 0.00000361. The summed E-state index contributed by atoms with van der Waals surface area (Å²) in [4.78, 5) is 11.5. The minimum atomic E-state index is -4.34. The molecule has 0 radical (unpaired) electrons. The Morgan fingerprint density at radius 1 is 1.15 bits per heavy atom. The number of alkyl halides is 3. The molecule has 0 unspecified atom stereocenters. The molecule has 0 heterocycles. The van der Waals surface area contributed by atoms with Crippen molar-refractivity contribution in [2.45, 2.75) is 19.0 Å². The summed E-state index contributed by atoms with van der Waals surface area (Å²) in [7, 11) is 1.82. The van der Waals surface area contributed by atoms with Gasteiger partial charge in [0.05, 0.1) is 12.0 Å². The van der Waals surface area contributed by atoms with Gasteiger partial charge in [0, 0.05) is 6.54 Å². The molecule has 1 aromatic carbocycles. The number of hydrogen-bond acceptors (Lipinski definition) is 2. The van der Waals surface area contributed by atoms with Crippen molar-refractivity contribution in [3.63, 3.8) is 0 Å². The van der Waals surface area contributed by atoms with Gasteiger partial charge < -0.3 is 10.6 Å². The van der Waals surface area contributed by atoms with E-state index in [4.69, 9.17) is 0 Å². The number of carbonyl (C=O) groups is 1. The van der Waals surface area contributed by atoms with Crippen molar-refractivity contribution in [3.05, 3.63) is 35.4 Å². The van der Waals surface area contributed by atoms with Crippen LogP contribution in [0, 0.1) is 0 Å². The van der Waals surface area contributed by atoms with Crippen molar-refractivity contribution in [2.24, 2.45) is 0 Å². The summed E-state index contributed by atoms with van der Waals surface area (Å²) in [6.45, 7) is 1.36. The molecule has 0 aliphatic rings. The van der Waals surface area contributed by atoms with Crippen LogP contribution >= 0.6 is 12.4 Å². The highest BCUT2D eigenvalue weighted by molar-refractivity contribution is 5.85. The Bertz CT molecular complexity index is 407. The van der Waals surface area contributed by atoms with Crippen molar-refractivity contribution in [1.29, 1.82) is 0 Å². The van der Waals surface area contributed by atoms with Gasteiger partial charge in [-0.2, -0.15) is 13.2 Å². The molecule has 2 N–H and O–H groups in total. The van der Waals surface area contributed by atoms with Gasteiger partial charge in [0.1, 0.15) is 0 Å². The maximum atomic E-state index is 12.3. The molecule has 1 amide bonds. The summed E-state index contributed by atoms with van der Waals surface area (Å²) in [6, 6.07) is 4.64. The molecule has 0 fully saturated rings. The third kappa shape index (κ3) is 6.77. The van der Waals surface area contributed by atoms with Gasteiger partial charge in [0.25, 0.3) is 0 Å². The van der Waals surface area contributed by atoms with E-state index in [1.807, 2.05) is 7.05 Å². The molecule has 0 saturated heterocycles. The number of halogens is 4. The summed E-state index contributed by atoms with van der Waals surface area (Å²) < 4.78 is 37.0. The summed E-state index contributed by atoms with van der Waals surface area (Å²) >= 11 is 0. The van der Waals surface area contributed by atoms with E-state index >= 15 is 0 Å². The number of rotatable bonds is 6. The van der Waals surface area contributed by atoms with E-state index in [1.54, 1.807) is 0 Å². The lowest BCUT2D eigenvalue weighted by atomic mass is 10.1. The Hall–Kier alpha value is -1.27. The van der Waals surface area contributed by atoms with Crippen LogP contribution < -0.4 is 10.6 Å². The summed E-state index contributed by atoms with van der Waals surface area (Å²) in [5, 5.41) is 5.66. The molecular formula is C13H18ClF3N2O. The number of benzene rings is 1. The van der Waals surface area contributed by atoms with Crippen molar-refractivity contribution in [3.8, 4) is 0 Å². The number of nitrogens with one attached hydrogen (secondary N) is 2. The topological polar surface area (TPSA) is 41.1 Å². The molecule has 0 bridgehead atoms. The van der Waals surface area contributed by atoms with Gasteiger partial charge in [-0.25, -0.2) is 0 Å². The lowest BCUT2D eigenvalue weighted by Crippen LogP contribution is -2.27. The highest BCUT2D eigenvalue weighted by atomic mass is 35.5. The van der Waals surface area contributed by atoms with Crippen LogP contribution in [0.2, 0.25) is 0 Å². The number of hydrogen-bond donors (Lipinski definition) is 2. The van der Waals surface area contributed by atoms with Gasteiger partial charge in [0.15, 0.2) is 0 Å². The average molecular weight is 311 g/mol. The van der Waals surface area contributed by atoms with Crippen LogP contribution in [0.15, 0.2) is 24.3 Å². The summed E-state index contributed by atoms with van der Waals surface area (Å²) in [5.74, 6) is -0.184. The van der Waals surface area contributed by atoms with Crippen LogP contribution in [-0.4, -0.2) is 26.0 Å². The van der Waals surface area contributed by atoms with E-state index in [0.29, 0.717) is 12.1 Å². The van der Waals surface area contributed by atoms with Crippen LogP contribution in [0.4, 0.5) is 13.2 Å². The van der Waals surface area contributed by atoms with Gasteiger partial charge >= 0.3 is 6.18 Å². The van der Waals surface area contributed by atoms with Gasteiger partial charge in [0.2, 0.25) is 5.91 Å². The zero-order chi connectivity index (χ0) is 14.3. The zero-order valence-corrected chi connectivity index (χ0v) is 11.9. The second-order valence-electron chi connectivity index (χ2n) is 4.18. The van der Waals surface area contributed by atoms with Crippen LogP contribution in [0.1, 0.15) is 17.5 Å². The maximum absolute atomic E-state index is 12.3. The number of carbonyl (C=O) groups excluding carboxylic acids is 1. The Morgan fingerprint density at radius 3 is 2.25 bits per heavy atom. The monoisotopic (exact) mass is 310 g/mol. The molecule has 0 aromatic heterocycles. The van der Waals surface area contributed by atoms with Crippen molar-refractivity contribution < 1.29 is 18.0 Å². The first-order chi connectivity index (χ1) is 8.93. The predicted octanol–water partition coefficient (Wildman–Crippen LogP) is 2.40. The first kappa shape index (κ1) is 18.7. The third-order valence-corrected chi connectivity index (χ3v) is 2.57. The predicted molar refractivity (Wildman–Crippen MR) is 73.9 cm³/mol. The van der Waals surface area contributed by atoms with Crippen LogP contribution in [0.25, 0.3) is 0 Å². The molecule has 0 aliphatic carbocycles. The lowest BCUT2D eigenvalue weighted by Gasteiger charge is -2.08. The third-order valence-electron chi connectivity index (χ3n) is 2.57. The highest BCUT2D eigenvalue weighted by Crippen LogP contribution is 2.29. The molecule has 1 rings (SSSR count). The molecule has 3 nitrogen and oxygen atoms in total. The van der Waals surface area contributed by atoms with Crippen molar-refractivity contribution in [2.75, 3.05) is 20.1 Å². The SMILES string of the molecule is CNCCCNC(=O)Cc1ccc(C(F)(F)F)cc1.Cl. The molecule has 114 valence electrons. The van der Waals surface area contributed by atoms with E-state index in [2.05, 4.69) is 10.6 Å². The first-order valence-electron chi connectivity index (χ1n) is 6.01. The fraction of sp³-hybridized carbons (Fsp3) is 0.462. The fourth-order valence-corrected chi connectivity index (χ4v) is 1.55. The summed E-state index contributed by atoms with van der Waals surface area (Å²) in [5.41, 5.74) is -0.134. The second kappa shape index (κ2) is 8.81. The van der Waals surface area contributed by atoms with Crippen molar-refractivity contribution >= 4 is 18.3 Å².